The van der Waals surface area contributed by atoms with E-state index < -0.39 is 0 Å². The standard InChI is InChI=1S/C16H21N5O3/c1-23-12-5-6-15(24-2)13(10-12)14-4-3-8-21(14)16(22)7-9-20-11-17-18-19-20/h5-6,10-11,14H,3-4,7-9H2,1-2H3/t14-/m0/s1. The lowest BCUT2D eigenvalue weighted by Gasteiger charge is -2.26. The number of nitrogens with zero attached hydrogens (tertiary/aromatic N) is 5. The summed E-state index contributed by atoms with van der Waals surface area (Å²) in [6.45, 7) is 1.23. The number of amides is 1. The number of likely N-dealkylation sites (tertiary alicyclic amines) is 1. The van der Waals surface area contributed by atoms with Crippen molar-refractivity contribution in [2.45, 2.75) is 31.8 Å². The second-order valence-electron chi connectivity index (χ2n) is 5.68. The van der Waals surface area contributed by atoms with Crippen molar-refractivity contribution in [3.05, 3.63) is 30.1 Å². The maximum Gasteiger partial charge on any atom is 0.224 e. The van der Waals surface area contributed by atoms with Crippen LogP contribution in [0.15, 0.2) is 24.5 Å². The summed E-state index contributed by atoms with van der Waals surface area (Å²) in [5.41, 5.74) is 0.991. The van der Waals surface area contributed by atoms with E-state index in [1.54, 1.807) is 18.9 Å². The Hall–Kier alpha value is -2.64. The lowest BCUT2D eigenvalue weighted by Crippen LogP contribution is -2.31. The van der Waals surface area contributed by atoms with Crippen LogP contribution in [0.25, 0.3) is 0 Å². The van der Waals surface area contributed by atoms with Gasteiger partial charge in [0.15, 0.2) is 0 Å². The number of carbonyl (C=O) groups excluding carboxylic acids is 1. The maximum absolute atomic E-state index is 12.7. The number of rotatable bonds is 6. The molecule has 0 bridgehead atoms. The van der Waals surface area contributed by atoms with E-state index in [4.69, 9.17) is 9.47 Å². The molecule has 128 valence electrons. The molecule has 0 aliphatic carbocycles. The first-order valence-corrected chi connectivity index (χ1v) is 7.95. The SMILES string of the molecule is COc1ccc(OC)c([C@@H]2CCCN2C(=O)CCn2cnnn2)c1. The Morgan fingerprint density at radius 2 is 2.21 bits per heavy atom. The number of hydrogen-bond donors (Lipinski definition) is 0. The summed E-state index contributed by atoms with van der Waals surface area (Å²) < 4.78 is 12.4. The number of ether oxygens (including phenoxy) is 2. The molecule has 8 heteroatoms. The second-order valence-corrected chi connectivity index (χ2v) is 5.68. The predicted octanol–water partition coefficient (Wildman–Crippen LogP) is 1.44. The number of aromatic nitrogens is 4. The number of aryl methyl sites for hydroxylation is 1. The third kappa shape index (κ3) is 3.32. The molecule has 2 heterocycles. The van der Waals surface area contributed by atoms with Crippen LogP contribution < -0.4 is 9.47 Å². The molecule has 1 fully saturated rings. The molecule has 3 rings (SSSR count). The van der Waals surface area contributed by atoms with Crippen LogP contribution in [0.4, 0.5) is 0 Å². The van der Waals surface area contributed by atoms with E-state index in [2.05, 4.69) is 15.5 Å². The normalized spacial score (nSPS) is 17.1. The highest BCUT2D eigenvalue weighted by molar-refractivity contribution is 5.77. The van der Waals surface area contributed by atoms with Gasteiger partial charge in [0.25, 0.3) is 0 Å². The van der Waals surface area contributed by atoms with Crippen molar-refractivity contribution in [2.24, 2.45) is 0 Å². The lowest BCUT2D eigenvalue weighted by molar-refractivity contribution is -0.132. The van der Waals surface area contributed by atoms with Gasteiger partial charge in [0.2, 0.25) is 5.91 Å². The van der Waals surface area contributed by atoms with Gasteiger partial charge in [-0.15, -0.1) is 5.10 Å². The van der Waals surface area contributed by atoms with Crippen LogP contribution in [0.2, 0.25) is 0 Å². The third-order valence-electron chi connectivity index (χ3n) is 4.32. The molecule has 0 radical (unpaired) electrons. The van der Waals surface area contributed by atoms with Crippen molar-refractivity contribution in [1.29, 1.82) is 0 Å². The number of benzene rings is 1. The topological polar surface area (TPSA) is 82.4 Å². The van der Waals surface area contributed by atoms with Gasteiger partial charge < -0.3 is 14.4 Å². The summed E-state index contributed by atoms with van der Waals surface area (Å²) in [5.74, 6) is 1.64. The minimum absolute atomic E-state index is 0.0106. The summed E-state index contributed by atoms with van der Waals surface area (Å²) in [5, 5.41) is 10.9. The molecule has 0 saturated carbocycles. The van der Waals surface area contributed by atoms with Crippen LogP contribution in [0.3, 0.4) is 0 Å². The lowest BCUT2D eigenvalue weighted by atomic mass is 10.0. The Morgan fingerprint density at radius 3 is 2.92 bits per heavy atom. The van der Waals surface area contributed by atoms with Crippen molar-refractivity contribution in [3.63, 3.8) is 0 Å². The molecule has 24 heavy (non-hydrogen) atoms. The van der Waals surface area contributed by atoms with Gasteiger partial charge >= 0.3 is 0 Å². The fraction of sp³-hybridized carbons (Fsp3) is 0.500. The first-order chi connectivity index (χ1) is 11.7. The highest BCUT2D eigenvalue weighted by Crippen LogP contribution is 2.39. The number of carbonyl (C=O) groups is 1. The summed E-state index contributed by atoms with van der Waals surface area (Å²) in [7, 11) is 3.28. The molecule has 8 nitrogen and oxygen atoms in total. The minimum Gasteiger partial charge on any atom is -0.497 e. The number of hydrogen-bond acceptors (Lipinski definition) is 6. The number of tetrazole rings is 1. The first kappa shape index (κ1) is 16.2. The van der Waals surface area contributed by atoms with Crippen molar-refractivity contribution >= 4 is 5.91 Å². The van der Waals surface area contributed by atoms with Gasteiger partial charge in [0, 0.05) is 18.5 Å². The molecule has 0 N–H and O–H groups in total. The van der Waals surface area contributed by atoms with Gasteiger partial charge in [-0.3, -0.25) is 4.79 Å². The zero-order valence-electron chi connectivity index (χ0n) is 13.9. The highest BCUT2D eigenvalue weighted by atomic mass is 16.5. The van der Waals surface area contributed by atoms with Crippen LogP contribution in [0.1, 0.15) is 30.9 Å². The first-order valence-electron chi connectivity index (χ1n) is 7.95. The van der Waals surface area contributed by atoms with E-state index >= 15 is 0 Å². The fourth-order valence-electron chi connectivity index (χ4n) is 3.12. The molecule has 1 saturated heterocycles. The van der Waals surface area contributed by atoms with E-state index in [1.165, 1.54) is 6.33 Å². The largest absolute Gasteiger partial charge is 0.497 e. The van der Waals surface area contributed by atoms with Gasteiger partial charge in [-0.05, 0) is 41.5 Å². The molecule has 0 unspecified atom stereocenters. The molecule has 0 spiro atoms. The Bertz CT molecular complexity index is 689. The van der Waals surface area contributed by atoms with Crippen LogP contribution in [0.5, 0.6) is 11.5 Å². The van der Waals surface area contributed by atoms with E-state index in [0.717, 1.165) is 36.4 Å². The zero-order valence-corrected chi connectivity index (χ0v) is 13.9. The highest BCUT2D eigenvalue weighted by Gasteiger charge is 2.31. The Morgan fingerprint density at radius 1 is 1.33 bits per heavy atom. The third-order valence-corrected chi connectivity index (χ3v) is 4.32. The monoisotopic (exact) mass is 331 g/mol. The molecule has 1 aliphatic rings. The average Bonchev–Trinajstić information content (AvgIpc) is 3.30. The van der Waals surface area contributed by atoms with Crippen molar-refractivity contribution in [2.75, 3.05) is 20.8 Å². The Labute approximate surface area is 140 Å². The predicted molar refractivity (Wildman–Crippen MR) is 85.7 cm³/mol. The Balaban J connectivity index is 1.76. The average molecular weight is 331 g/mol. The van der Waals surface area contributed by atoms with Crippen molar-refractivity contribution < 1.29 is 14.3 Å². The maximum atomic E-state index is 12.7. The molecule has 1 amide bonds. The molecule has 2 aromatic rings. The number of methoxy groups -OCH3 is 2. The van der Waals surface area contributed by atoms with Gasteiger partial charge in [-0.2, -0.15) is 0 Å². The zero-order chi connectivity index (χ0) is 16.9. The van der Waals surface area contributed by atoms with Crippen LogP contribution >= 0.6 is 0 Å². The molecule has 1 aromatic carbocycles. The van der Waals surface area contributed by atoms with Gasteiger partial charge in [-0.1, -0.05) is 0 Å². The molecular weight excluding hydrogens is 310 g/mol. The van der Waals surface area contributed by atoms with Crippen LogP contribution in [-0.4, -0.2) is 51.8 Å². The molecule has 1 atom stereocenters. The summed E-state index contributed by atoms with van der Waals surface area (Å²) in [6, 6.07) is 5.71. The summed E-state index contributed by atoms with van der Waals surface area (Å²) in [6.07, 6.45) is 3.77. The quantitative estimate of drug-likeness (QED) is 0.797. The van der Waals surface area contributed by atoms with E-state index in [0.29, 0.717) is 13.0 Å². The van der Waals surface area contributed by atoms with E-state index in [9.17, 15) is 4.79 Å². The van der Waals surface area contributed by atoms with E-state index in [1.807, 2.05) is 23.1 Å². The molecule has 1 aromatic heterocycles. The summed E-state index contributed by atoms with van der Waals surface area (Å²) in [4.78, 5) is 14.6. The van der Waals surface area contributed by atoms with Gasteiger partial charge in [0.05, 0.1) is 26.8 Å². The van der Waals surface area contributed by atoms with Crippen LogP contribution in [0, 0.1) is 0 Å². The Kier molecular flexibility index (Phi) is 4.93. The molecule has 1 aliphatic heterocycles. The minimum atomic E-state index is 0.0106. The van der Waals surface area contributed by atoms with Crippen LogP contribution in [-0.2, 0) is 11.3 Å². The van der Waals surface area contributed by atoms with E-state index in [-0.39, 0.29) is 11.9 Å². The fourth-order valence-corrected chi connectivity index (χ4v) is 3.12. The smallest absolute Gasteiger partial charge is 0.224 e. The van der Waals surface area contributed by atoms with Gasteiger partial charge in [-0.25, -0.2) is 4.68 Å². The van der Waals surface area contributed by atoms with Crippen molar-refractivity contribution in [3.8, 4) is 11.5 Å². The van der Waals surface area contributed by atoms with Gasteiger partial charge in [0.1, 0.15) is 17.8 Å². The van der Waals surface area contributed by atoms with Crippen molar-refractivity contribution in [1.82, 2.24) is 25.1 Å². The summed E-state index contributed by atoms with van der Waals surface area (Å²) >= 11 is 0. The molecular formula is C16H21N5O3. The second kappa shape index (κ2) is 7.29.